The minimum absolute atomic E-state index is 0.0232. The third-order valence-electron chi connectivity index (χ3n) is 2.08. The van der Waals surface area contributed by atoms with Crippen LogP contribution in [-0.4, -0.2) is 21.0 Å². The van der Waals surface area contributed by atoms with Crippen LogP contribution in [0.4, 0.5) is 0 Å². The third kappa shape index (κ3) is 2.41. The van der Waals surface area contributed by atoms with Crippen molar-refractivity contribution >= 4 is 5.97 Å². The number of aromatic nitrogens is 2. The monoisotopic (exact) mass is 241 g/mol. The van der Waals surface area contributed by atoms with E-state index in [1.54, 1.807) is 6.07 Å². The van der Waals surface area contributed by atoms with Crippen LogP contribution in [0.2, 0.25) is 0 Å². The molecule has 0 aliphatic carbocycles. The van der Waals surface area contributed by atoms with Crippen molar-refractivity contribution in [2.24, 2.45) is 0 Å². The van der Waals surface area contributed by atoms with E-state index in [0.29, 0.717) is 5.56 Å². The maximum atomic E-state index is 11.0. The summed E-state index contributed by atoms with van der Waals surface area (Å²) < 4.78 is 5.26. The summed E-state index contributed by atoms with van der Waals surface area (Å²) in [5, 5.41) is 17.8. The highest BCUT2D eigenvalue weighted by Gasteiger charge is 2.13. The molecule has 6 heteroatoms. The van der Waals surface area contributed by atoms with E-state index in [1.165, 1.54) is 30.6 Å². The zero-order valence-corrected chi connectivity index (χ0v) is 9.07. The number of hydrogen-bond donors (Lipinski definition) is 1. The lowest BCUT2D eigenvalue weighted by Gasteiger charge is -2.06. The predicted molar refractivity (Wildman–Crippen MR) is 60.2 cm³/mol. The number of nitrogens with zero attached hydrogens (tertiary/aromatic N) is 3. The highest BCUT2D eigenvalue weighted by molar-refractivity contribution is 5.91. The van der Waals surface area contributed by atoms with Crippen LogP contribution in [0.25, 0.3) is 0 Å². The van der Waals surface area contributed by atoms with E-state index in [9.17, 15) is 4.79 Å². The molecule has 1 aromatic carbocycles. The molecule has 0 radical (unpaired) electrons. The first-order chi connectivity index (χ1) is 8.70. The van der Waals surface area contributed by atoms with Gasteiger partial charge in [-0.15, -0.1) is 0 Å². The van der Waals surface area contributed by atoms with E-state index in [-0.39, 0.29) is 17.3 Å². The summed E-state index contributed by atoms with van der Waals surface area (Å²) in [5.41, 5.74) is 0.243. The number of nitriles is 1. The van der Waals surface area contributed by atoms with Crippen molar-refractivity contribution in [2.45, 2.75) is 0 Å². The van der Waals surface area contributed by atoms with Gasteiger partial charge in [-0.3, -0.25) is 0 Å². The maximum Gasteiger partial charge on any atom is 0.339 e. The molecule has 1 aromatic heterocycles. The quantitative estimate of drug-likeness (QED) is 0.880. The molecule has 6 nitrogen and oxygen atoms in total. The molecule has 0 amide bonds. The Labute approximate surface area is 102 Å². The van der Waals surface area contributed by atoms with Gasteiger partial charge in [0.2, 0.25) is 0 Å². The molecule has 1 N–H and O–H groups in total. The average molecular weight is 241 g/mol. The van der Waals surface area contributed by atoms with Crippen LogP contribution in [0.15, 0.2) is 36.7 Å². The highest BCUT2D eigenvalue weighted by atomic mass is 16.5. The van der Waals surface area contributed by atoms with Crippen LogP contribution in [0.1, 0.15) is 15.9 Å². The summed E-state index contributed by atoms with van der Waals surface area (Å²) in [6.45, 7) is 0. The molecule has 0 aliphatic rings. The van der Waals surface area contributed by atoms with Gasteiger partial charge >= 0.3 is 12.0 Å². The number of aromatic carboxylic acids is 1. The number of benzene rings is 1. The fourth-order valence-electron chi connectivity index (χ4n) is 1.29. The van der Waals surface area contributed by atoms with Crippen molar-refractivity contribution in [1.29, 1.82) is 5.26 Å². The Hall–Kier alpha value is -2.94. The highest BCUT2D eigenvalue weighted by Crippen LogP contribution is 2.24. The molecule has 2 aromatic rings. The van der Waals surface area contributed by atoms with Crippen LogP contribution in [-0.2, 0) is 0 Å². The number of carboxylic acid groups (broad SMARTS) is 1. The Morgan fingerprint density at radius 1 is 1.33 bits per heavy atom. The summed E-state index contributed by atoms with van der Waals surface area (Å²) in [6.07, 6.45) is 2.94. The largest absolute Gasteiger partial charge is 0.478 e. The molecule has 0 saturated heterocycles. The van der Waals surface area contributed by atoms with Crippen LogP contribution < -0.4 is 4.74 Å². The first-order valence-corrected chi connectivity index (χ1v) is 4.93. The van der Waals surface area contributed by atoms with E-state index in [1.807, 2.05) is 6.07 Å². The predicted octanol–water partition coefficient (Wildman–Crippen LogP) is 1.84. The Bertz CT molecular complexity index is 620. The molecular weight excluding hydrogens is 234 g/mol. The fourth-order valence-corrected chi connectivity index (χ4v) is 1.29. The Balaban J connectivity index is 2.42. The second kappa shape index (κ2) is 4.93. The van der Waals surface area contributed by atoms with Gasteiger partial charge in [-0.05, 0) is 24.3 Å². The van der Waals surface area contributed by atoms with E-state index in [0.717, 1.165) is 0 Å². The lowest BCUT2D eigenvalue weighted by atomic mass is 10.1. The zero-order valence-electron chi connectivity index (χ0n) is 9.07. The molecule has 18 heavy (non-hydrogen) atoms. The summed E-state index contributed by atoms with van der Waals surface area (Å²) in [4.78, 5) is 18.6. The Morgan fingerprint density at radius 2 is 2.06 bits per heavy atom. The number of hydrogen-bond acceptors (Lipinski definition) is 5. The first kappa shape index (κ1) is 11.5. The van der Waals surface area contributed by atoms with Crippen molar-refractivity contribution in [3.8, 4) is 17.8 Å². The zero-order chi connectivity index (χ0) is 13.0. The van der Waals surface area contributed by atoms with Crippen LogP contribution in [0.3, 0.4) is 0 Å². The van der Waals surface area contributed by atoms with Gasteiger partial charge < -0.3 is 9.84 Å². The molecular formula is C12H7N3O3. The number of carboxylic acids is 1. The standard InChI is InChI=1S/C12H7N3O3/c13-7-8-2-3-9(11(16)17)10(6-8)18-12-14-4-1-5-15-12/h1-6H,(H,16,17). The van der Waals surface area contributed by atoms with Crippen molar-refractivity contribution in [1.82, 2.24) is 9.97 Å². The summed E-state index contributed by atoms with van der Waals surface area (Å²) >= 11 is 0. The normalized spacial score (nSPS) is 9.50. The molecule has 0 bridgehead atoms. The molecule has 0 aliphatic heterocycles. The van der Waals surface area contributed by atoms with Crippen LogP contribution in [0.5, 0.6) is 11.8 Å². The molecule has 2 rings (SSSR count). The second-order valence-corrected chi connectivity index (χ2v) is 3.26. The summed E-state index contributed by atoms with van der Waals surface area (Å²) in [6, 6.07) is 7.58. The van der Waals surface area contributed by atoms with Crippen molar-refractivity contribution in [3.05, 3.63) is 47.8 Å². The van der Waals surface area contributed by atoms with Gasteiger partial charge in [-0.1, -0.05) is 0 Å². The lowest BCUT2D eigenvalue weighted by molar-refractivity contribution is 0.0694. The lowest BCUT2D eigenvalue weighted by Crippen LogP contribution is -2.01. The summed E-state index contributed by atoms with van der Waals surface area (Å²) in [5.74, 6) is -1.11. The van der Waals surface area contributed by atoms with E-state index >= 15 is 0 Å². The van der Waals surface area contributed by atoms with Gasteiger partial charge in [-0.25, -0.2) is 14.8 Å². The number of carbonyl (C=O) groups is 1. The van der Waals surface area contributed by atoms with Gasteiger partial charge in [-0.2, -0.15) is 5.26 Å². The van der Waals surface area contributed by atoms with E-state index < -0.39 is 5.97 Å². The van der Waals surface area contributed by atoms with E-state index in [4.69, 9.17) is 15.1 Å². The third-order valence-corrected chi connectivity index (χ3v) is 2.08. The Kier molecular flexibility index (Phi) is 3.16. The summed E-state index contributed by atoms with van der Waals surface area (Å²) in [7, 11) is 0. The molecule has 0 unspecified atom stereocenters. The Morgan fingerprint density at radius 3 is 2.67 bits per heavy atom. The SMILES string of the molecule is N#Cc1ccc(C(=O)O)c(Oc2ncccn2)c1. The molecule has 88 valence electrons. The fraction of sp³-hybridized carbons (Fsp3) is 0. The number of ether oxygens (including phenoxy) is 1. The van der Waals surface area contributed by atoms with Crippen LogP contribution in [0, 0.1) is 11.3 Å². The first-order valence-electron chi connectivity index (χ1n) is 4.93. The smallest absolute Gasteiger partial charge is 0.339 e. The van der Waals surface area contributed by atoms with Crippen molar-refractivity contribution in [3.63, 3.8) is 0 Å². The van der Waals surface area contributed by atoms with Gasteiger partial charge in [0.25, 0.3) is 0 Å². The minimum Gasteiger partial charge on any atom is -0.478 e. The molecule has 1 heterocycles. The van der Waals surface area contributed by atoms with Gasteiger partial charge in [0.1, 0.15) is 11.3 Å². The van der Waals surface area contributed by atoms with Gasteiger partial charge in [0.15, 0.2) is 0 Å². The van der Waals surface area contributed by atoms with E-state index in [2.05, 4.69) is 9.97 Å². The second-order valence-electron chi connectivity index (χ2n) is 3.26. The maximum absolute atomic E-state index is 11.0. The van der Waals surface area contributed by atoms with Crippen molar-refractivity contribution in [2.75, 3.05) is 0 Å². The van der Waals surface area contributed by atoms with Gasteiger partial charge in [0, 0.05) is 12.4 Å². The molecule has 0 fully saturated rings. The van der Waals surface area contributed by atoms with Crippen LogP contribution >= 0.6 is 0 Å². The molecule has 0 saturated carbocycles. The van der Waals surface area contributed by atoms with Crippen molar-refractivity contribution < 1.29 is 14.6 Å². The number of rotatable bonds is 3. The topological polar surface area (TPSA) is 96.1 Å². The average Bonchev–Trinajstić information content (AvgIpc) is 2.39. The minimum atomic E-state index is -1.15. The molecule has 0 atom stereocenters. The van der Waals surface area contributed by atoms with Gasteiger partial charge in [0.05, 0.1) is 11.6 Å². The molecule has 0 spiro atoms.